The van der Waals surface area contributed by atoms with Crippen LogP contribution >= 0.6 is 23.7 Å². The van der Waals surface area contributed by atoms with Gasteiger partial charge in [0.2, 0.25) is 0 Å². The van der Waals surface area contributed by atoms with Crippen LogP contribution in [0.2, 0.25) is 0 Å². The Morgan fingerprint density at radius 3 is 2.78 bits per heavy atom. The molecule has 1 fully saturated rings. The van der Waals surface area contributed by atoms with Gasteiger partial charge in [-0.25, -0.2) is 15.0 Å². The van der Waals surface area contributed by atoms with Crippen LogP contribution in [0.4, 0.5) is 16.8 Å². The molecule has 0 saturated carbocycles. The van der Waals surface area contributed by atoms with Gasteiger partial charge in [0.1, 0.15) is 17.7 Å². The van der Waals surface area contributed by atoms with Crippen molar-refractivity contribution in [2.45, 2.75) is 12.5 Å². The maximum absolute atomic E-state index is 6.00. The number of rotatable bonds is 5. The number of pyridine rings is 1. The van der Waals surface area contributed by atoms with Crippen LogP contribution in [0.3, 0.4) is 0 Å². The van der Waals surface area contributed by atoms with Gasteiger partial charge in [0.15, 0.2) is 21.5 Å². The number of hydrogen-bond acceptors (Lipinski definition) is 10. The van der Waals surface area contributed by atoms with E-state index in [-0.39, 0.29) is 18.4 Å². The summed E-state index contributed by atoms with van der Waals surface area (Å²) < 4.78 is 10.5. The van der Waals surface area contributed by atoms with E-state index in [9.17, 15) is 0 Å². The van der Waals surface area contributed by atoms with Crippen LogP contribution in [0.5, 0.6) is 11.6 Å². The number of nitrogens with one attached hydrogen (secondary N) is 1. The minimum absolute atomic E-state index is 0. The standard InChI is InChI=1S/C16H19N7O2S.ClH/c1-24-10-3-4-11(21-14(10)25-2)20-13-12-15(19-8-18-13)26-16(22-12)23-6-5-9(17)7-23;/h3-4,8-9H,5-7,17H2,1-2H3,(H,18,19,20,21);1H. The Bertz CT molecular complexity index is 938. The number of nitrogens with zero attached hydrogens (tertiary/aromatic N) is 5. The molecule has 1 aliphatic heterocycles. The van der Waals surface area contributed by atoms with E-state index in [1.165, 1.54) is 17.7 Å². The van der Waals surface area contributed by atoms with Crippen molar-refractivity contribution in [1.29, 1.82) is 0 Å². The minimum atomic E-state index is 0. The first-order valence-electron chi connectivity index (χ1n) is 8.16. The predicted molar refractivity (Wildman–Crippen MR) is 108 cm³/mol. The normalized spacial score (nSPS) is 16.3. The van der Waals surface area contributed by atoms with E-state index in [1.54, 1.807) is 26.4 Å². The van der Waals surface area contributed by atoms with E-state index in [0.29, 0.717) is 28.8 Å². The van der Waals surface area contributed by atoms with Crippen LogP contribution < -0.4 is 25.4 Å². The Balaban J connectivity index is 0.00000210. The predicted octanol–water partition coefficient (Wildman–Crippen LogP) is 2.20. The smallest absolute Gasteiger partial charge is 0.258 e. The second kappa shape index (κ2) is 8.07. The van der Waals surface area contributed by atoms with Crippen molar-refractivity contribution >= 4 is 50.9 Å². The second-order valence-corrected chi connectivity index (χ2v) is 6.86. The van der Waals surface area contributed by atoms with Crippen LogP contribution in [-0.4, -0.2) is 53.3 Å². The van der Waals surface area contributed by atoms with Crippen LogP contribution in [0, 0.1) is 0 Å². The number of methoxy groups -OCH3 is 2. The average molecular weight is 410 g/mol. The van der Waals surface area contributed by atoms with Crippen LogP contribution in [0.1, 0.15) is 6.42 Å². The number of anilines is 3. The molecule has 1 atom stereocenters. The van der Waals surface area contributed by atoms with E-state index in [1.807, 2.05) is 0 Å². The summed E-state index contributed by atoms with van der Waals surface area (Å²) >= 11 is 1.54. The van der Waals surface area contributed by atoms with Gasteiger partial charge in [-0.2, -0.15) is 4.98 Å². The zero-order valence-corrected chi connectivity index (χ0v) is 16.5. The first-order valence-corrected chi connectivity index (χ1v) is 8.97. The first kappa shape index (κ1) is 19.3. The number of ether oxygens (including phenoxy) is 2. The van der Waals surface area contributed by atoms with Gasteiger partial charge in [0.05, 0.1) is 14.2 Å². The highest BCUT2D eigenvalue weighted by atomic mass is 35.5. The van der Waals surface area contributed by atoms with Crippen molar-refractivity contribution in [3.8, 4) is 11.6 Å². The Kier molecular flexibility index (Phi) is 5.78. The molecule has 1 aliphatic rings. The first-order chi connectivity index (χ1) is 12.7. The number of fused-ring (bicyclic) bond motifs is 1. The van der Waals surface area contributed by atoms with Crippen molar-refractivity contribution in [2.24, 2.45) is 5.73 Å². The highest BCUT2D eigenvalue weighted by molar-refractivity contribution is 7.21. The van der Waals surface area contributed by atoms with E-state index in [0.717, 1.165) is 29.5 Å². The molecule has 4 rings (SSSR count). The summed E-state index contributed by atoms with van der Waals surface area (Å²) in [6.07, 6.45) is 2.49. The van der Waals surface area contributed by atoms with Gasteiger partial charge >= 0.3 is 0 Å². The average Bonchev–Trinajstić information content (AvgIpc) is 3.28. The Hall–Kier alpha value is -2.43. The molecule has 3 aromatic heterocycles. The van der Waals surface area contributed by atoms with Gasteiger partial charge in [0.25, 0.3) is 5.88 Å². The van der Waals surface area contributed by atoms with E-state index < -0.39 is 0 Å². The third kappa shape index (κ3) is 3.82. The second-order valence-electron chi connectivity index (χ2n) is 5.90. The molecule has 0 aliphatic carbocycles. The van der Waals surface area contributed by atoms with Crippen LogP contribution in [-0.2, 0) is 0 Å². The monoisotopic (exact) mass is 409 g/mol. The third-order valence-electron chi connectivity index (χ3n) is 4.16. The third-order valence-corrected chi connectivity index (χ3v) is 5.19. The summed E-state index contributed by atoms with van der Waals surface area (Å²) in [7, 11) is 3.12. The molecule has 0 bridgehead atoms. The lowest BCUT2D eigenvalue weighted by atomic mass is 10.3. The highest BCUT2D eigenvalue weighted by Crippen LogP contribution is 2.33. The zero-order chi connectivity index (χ0) is 18.1. The van der Waals surface area contributed by atoms with Crippen molar-refractivity contribution in [3.63, 3.8) is 0 Å². The number of aromatic nitrogens is 4. The lowest BCUT2D eigenvalue weighted by Crippen LogP contribution is -2.26. The topological polar surface area (TPSA) is 111 Å². The molecule has 3 N–H and O–H groups in total. The Labute approximate surface area is 166 Å². The summed E-state index contributed by atoms with van der Waals surface area (Å²) in [4.78, 5) is 20.8. The molecule has 11 heteroatoms. The minimum Gasteiger partial charge on any atom is -0.491 e. The van der Waals surface area contributed by atoms with Gasteiger partial charge in [-0.3, -0.25) is 0 Å². The Morgan fingerprint density at radius 2 is 2.07 bits per heavy atom. The summed E-state index contributed by atoms with van der Waals surface area (Å²) in [6, 6.07) is 3.77. The van der Waals surface area contributed by atoms with Crippen molar-refractivity contribution in [3.05, 3.63) is 18.5 Å². The number of nitrogens with two attached hydrogens (primary N) is 1. The van der Waals surface area contributed by atoms with Gasteiger partial charge in [-0.05, 0) is 18.6 Å². The lowest BCUT2D eigenvalue weighted by molar-refractivity contribution is 0.343. The molecule has 27 heavy (non-hydrogen) atoms. The molecule has 144 valence electrons. The van der Waals surface area contributed by atoms with Gasteiger partial charge in [-0.1, -0.05) is 11.3 Å². The van der Waals surface area contributed by atoms with Crippen molar-refractivity contribution in [1.82, 2.24) is 19.9 Å². The largest absolute Gasteiger partial charge is 0.491 e. The molecule has 1 saturated heterocycles. The fourth-order valence-corrected chi connectivity index (χ4v) is 3.79. The lowest BCUT2D eigenvalue weighted by Gasteiger charge is -2.12. The fraction of sp³-hybridized carbons (Fsp3) is 0.375. The summed E-state index contributed by atoms with van der Waals surface area (Å²) in [5.41, 5.74) is 6.72. The molecule has 4 heterocycles. The molecule has 0 amide bonds. The Morgan fingerprint density at radius 1 is 1.22 bits per heavy atom. The van der Waals surface area contributed by atoms with E-state index >= 15 is 0 Å². The van der Waals surface area contributed by atoms with E-state index in [2.05, 4.69) is 25.2 Å². The van der Waals surface area contributed by atoms with Gasteiger partial charge in [0, 0.05) is 19.1 Å². The van der Waals surface area contributed by atoms with Crippen molar-refractivity contribution < 1.29 is 9.47 Å². The number of halogens is 1. The summed E-state index contributed by atoms with van der Waals surface area (Å²) in [6.45, 7) is 1.72. The highest BCUT2D eigenvalue weighted by Gasteiger charge is 2.23. The van der Waals surface area contributed by atoms with Crippen molar-refractivity contribution in [2.75, 3.05) is 37.5 Å². The maximum Gasteiger partial charge on any atom is 0.258 e. The van der Waals surface area contributed by atoms with Crippen LogP contribution in [0.25, 0.3) is 10.3 Å². The molecule has 0 spiro atoms. The molecular formula is C16H20ClN7O2S. The molecular weight excluding hydrogens is 390 g/mol. The fourth-order valence-electron chi connectivity index (χ4n) is 2.85. The quantitative estimate of drug-likeness (QED) is 0.654. The molecule has 9 nitrogen and oxygen atoms in total. The van der Waals surface area contributed by atoms with Crippen LogP contribution in [0.15, 0.2) is 18.5 Å². The molecule has 1 unspecified atom stereocenters. The molecule has 0 radical (unpaired) electrons. The maximum atomic E-state index is 6.00. The number of thiazole rings is 1. The molecule has 3 aromatic rings. The zero-order valence-electron chi connectivity index (χ0n) is 14.9. The molecule has 0 aromatic carbocycles. The van der Waals surface area contributed by atoms with E-state index in [4.69, 9.17) is 20.2 Å². The SMILES string of the molecule is COc1ccc(Nc2ncnc3sc(N4CCC(N)C4)nc23)nc1OC.Cl. The van der Waals surface area contributed by atoms with Gasteiger partial charge in [-0.15, -0.1) is 12.4 Å². The number of hydrogen-bond donors (Lipinski definition) is 2. The van der Waals surface area contributed by atoms with Gasteiger partial charge < -0.3 is 25.4 Å². The summed E-state index contributed by atoms with van der Waals surface area (Å²) in [5.74, 6) is 2.14. The summed E-state index contributed by atoms with van der Waals surface area (Å²) in [5, 5.41) is 4.10.